The highest BCUT2D eigenvalue weighted by atomic mass is 16.5. The van der Waals surface area contributed by atoms with E-state index in [-0.39, 0.29) is 0 Å². The maximum atomic E-state index is 5.48. The number of hydrogen-bond donors (Lipinski definition) is 2. The average molecular weight is 243 g/mol. The molecule has 0 heterocycles. The predicted octanol–water partition coefficient (Wildman–Crippen LogP) is 2.01. The van der Waals surface area contributed by atoms with Crippen molar-refractivity contribution in [3.8, 4) is 0 Å². The molecule has 0 fully saturated rings. The zero-order valence-electron chi connectivity index (χ0n) is 12.2. The lowest BCUT2D eigenvalue weighted by molar-refractivity contribution is 0.0776. The SMILES string of the molecule is CN=C(NCCCOC(C)C)NC(C)C(C)C. The van der Waals surface area contributed by atoms with Crippen LogP contribution in [0.25, 0.3) is 0 Å². The van der Waals surface area contributed by atoms with E-state index in [9.17, 15) is 0 Å². The van der Waals surface area contributed by atoms with Crippen molar-refractivity contribution in [3.05, 3.63) is 0 Å². The Labute approximate surface area is 106 Å². The molecule has 0 rings (SSSR count). The van der Waals surface area contributed by atoms with Gasteiger partial charge < -0.3 is 15.4 Å². The van der Waals surface area contributed by atoms with Crippen LogP contribution in [0.5, 0.6) is 0 Å². The summed E-state index contributed by atoms with van der Waals surface area (Å²) in [5.41, 5.74) is 0. The van der Waals surface area contributed by atoms with Crippen LogP contribution in [0.1, 0.15) is 41.0 Å². The second-order valence-corrected chi connectivity index (χ2v) is 4.95. The molecule has 4 heteroatoms. The van der Waals surface area contributed by atoms with Crippen molar-refractivity contribution in [2.75, 3.05) is 20.2 Å². The van der Waals surface area contributed by atoms with Gasteiger partial charge in [-0.15, -0.1) is 0 Å². The summed E-state index contributed by atoms with van der Waals surface area (Å²) in [6, 6.07) is 0.424. The van der Waals surface area contributed by atoms with E-state index < -0.39 is 0 Å². The van der Waals surface area contributed by atoms with Gasteiger partial charge in [-0.25, -0.2) is 0 Å². The summed E-state index contributed by atoms with van der Waals surface area (Å²) in [4.78, 5) is 4.20. The van der Waals surface area contributed by atoms with Gasteiger partial charge in [-0.1, -0.05) is 13.8 Å². The Morgan fingerprint density at radius 3 is 2.29 bits per heavy atom. The zero-order chi connectivity index (χ0) is 13.3. The molecule has 0 aromatic heterocycles. The van der Waals surface area contributed by atoms with Crippen LogP contribution in [0, 0.1) is 5.92 Å². The van der Waals surface area contributed by atoms with Gasteiger partial charge in [0.2, 0.25) is 0 Å². The molecular weight excluding hydrogens is 214 g/mol. The van der Waals surface area contributed by atoms with Crippen molar-refractivity contribution in [1.82, 2.24) is 10.6 Å². The Morgan fingerprint density at radius 2 is 1.82 bits per heavy atom. The number of hydrogen-bond acceptors (Lipinski definition) is 2. The zero-order valence-corrected chi connectivity index (χ0v) is 12.2. The third-order valence-corrected chi connectivity index (χ3v) is 2.65. The van der Waals surface area contributed by atoms with Gasteiger partial charge in [-0.3, -0.25) is 4.99 Å². The highest BCUT2D eigenvalue weighted by Crippen LogP contribution is 1.99. The van der Waals surface area contributed by atoms with E-state index in [1.807, 2.05) is 0 Å². The topological polar surface area (TPSA) is 45.7 Å². The number of ether oxygens (including phenoxy) is 1. The molecule has 0 radical (unpaired) electrons. The monoisotopic (exact) mass is 243 g/mol. The summed E-state index contributed by atoms with van der Waals surface area (Å²) in [6.45, 7) is 12.3. The molecule has 0 aliphatic heterocycles. The number of guanidine groups is 1. The van der Waals surface area contributed by atoms with E-state index >= 15 is 0 Å². The lowest BCUT2D eigenvalue weighted by Gasteiger charge is -2.20. The van der Waals surface area contributed by atoms with E-state index in [4.69, 9.17) is 4.74 Å². The summed E-state index contributed by atoms with van der Waals surface area (Å²) >= 11 is 0. The summed E-state index contributed by atoms with van der Waals surface area (Å²) in [6.07, 6.45) is 1.31. The van der Waals surface area contributed by atoms with Crippen LogP contribution in [0.4, 0.5) is 0 Å². The standard InChI is InChI=1S/C13H29N3O/c1-10(2)12(5)16-13(14-6)15-8-7-9-17-11(3)4/h10-12H,7-9H2,1-6H3,(H2,14,15,16). The van der Waals surface area contributed by atoms with Crippen molar-refractivity contribution in [3.63, 3.8) is 0 Å². The van der Waals surface area contributed by atoms with Gasteiger partial charge in [0.25, 0.3) is 0 Å². The molecule has 0 bridgehead atoms. The van der Waals surface area contributed by atoms with Crippen molar-refractivity contribution >= 4 is 5.96 Å². The second kappa shape index (κ2) is 9.28. The minimum atomic E-state index is 0.313. The largest absolute Gasteiger partial charge is 0.379 e. The minimum Gasteiger partial charge on any atom is -0.379 e. The molecule has 17 heavy (non-hydrogen) atoms. The molecule has 0 amide bonds. The van der Waals surface area contributed by atoms with Gasteiger partial charge in [0.05, 0.1) is 6.10 Å². The average Bonchev–Trinajstić information content (AvgIpc) is 2.26. The molecule has 102 valence electrons. The molecular formula is C13H29N3O. The fraction of sp³-hybridized carbons (Fsp3) is 0.923. The van der Waals surface area contributed by atoms with E-state index in [0.717, 1.165) is 25.5 Å². The van der Waals surface area contributed by atoms with Crippen molar-refractivity contribution in [2.45, 2.75) is 53.2 Å². The highest BCUT2D eigenvalue weighted by molar-refractivity contribution is 5.79. The fourth-order valence-corrected chi connectivity index (χ4v) is 1.17. The van der Waals surface area contributed by atoms with Gasteiger partial charge in [0, 0.05) is 26.2 Å². The number of nitrogens with zero attached hydrogens (tertiary/aromatic N) is 1. The van der Waals surface area contributed by atoms with Gasteiger partial charge in [-0.2, -0.15) is 0 Å². The van der Waals surface area contributed by atoms with E-state index in [1.165, 1.54) is 0 Å². The fourth-order valence-electron chi connectivity index (χ4n) is 1.17. The van der Waals surface area contributed by atoms with Crippen molar-refractivity contribution in [2.24, 2.45) is 10.9 Å². The summed E-state index contributed by atoms with van der Waals surface area (Å²) < 4.78 is 5.48. The van der Waals surface area contributed by atoms with Crippen LogP contribution in [-0.2, 0) is 4.74 Å². The lowest BCUT2D eigenvalue weighted by Crippen LogP contribution is -2.44. The second-order valence-electron chi connectivity index (χ2n) is 4.95. The smallest absolute Gasteiger partial charge is 0.191 e. The van der Waals surface area contributed by atoms with Crippen LogP contribution in [0.15, 0.2) is 4.99 Å². The number of nitrogens with one attached hydrogen (secondary N) is 2. The first-order chi connectivity index (χ1) is 7.97. The van der Waals surface area contributed by atoms with Gasteiger partial charge in [-0.05, 0) is 33.1 Å². The first kappa shape index (κ1) is 16.2. The van der Waals surface area contributed by atoms with E-state index in [1.54, 1.807) is 7.05 Å². The molecule has 2 N–H and O–H groups in total. The third-order valence-electron chi connectivity index (χ3n) is 2.65. The van der Waals surface area contributed by atoms with Crippen LogP contribution < -0.4 is 10.6 Å². The van der Waals surface area contributed by atoms with Crippen molar-refractivity contribution in [1.29, 1.82) is 0 Å². The van der Waals surface area contributed by atoms with Crippen LogP contribution >= 0.6 is 0 Å². The summed E-state index contributed by atoms with van der Waals surface area (Å²) in [7, 11) is 1.80. The molecule has 0 saturated heterocycles. The molecule has 1 atom stereocenters. The third kappa shape index (κ3) is 8.98. The molecule has 0 aromatic rings. The van der Waals surface area contributed by atoms with E-state index in [2.05, 4.69) is 50.2 Å². The molecule has 0 aliphatic carbocycles. The first-order valence-corrected chi connectivity index (χ1v) is 6.56. The maximum absolute atomic E-state index is 5.48. The summed E-state index contributed by atoms with van der Waals surface area (Å²) in [5, 5.41) is 6.65. The quantitative estimate of drug-likeness (QED) is 0.408. The highest BCUT2D eigenvalue weighted by Gasteiger charge is 2.08. The Balaban J connectivity index is 3.70. The van der Waals surface area contributed by atoms with Crippen LogP contribution in [-0.4, -0.2) is 38.3 Å². The van der Waals surface area contributed by atoms with Gasteiger partial charge >= 0.3 is 0 Å². The van der Waals surface area contributed by atoms with Crippen LogP contribution in [0.2, 0.25) is 0 Å². The molecule has 0 spiro atoms. The van der Waals surface area contributed by atoms with E-state index in [0.29, 0.717) is 18.1 Å². The predicted molar refractivity (Wildman–Crippen MR) is 74.5 cm³/mol. The normalized spacial score (nSPS) is 14.2. The summed E-state index contributed by atoms with van der Waals surface area (Å²) in [5.74, 6) is 1.47. The van der Waals surface area contributed by atoms with Crippen molar-refractivity contribution < 1.29 is 4.74 Å². The Morgan fingerprint density at radius 1 is 1.18 bits per heavy atom. The Kier molecular flexibility index (Phi) is 8.86. The Bertz CT molecular complexity index is 215. The Hall–Kier alpha value is -0.770. The number of rotatable bonds is 7. The lowest BCUT2D eigenvalue weighted by atomic mass is 10.1. The first-order valence-electron chi connectivity index (χ1n) is 6.56. The molecule has 0 saturated carbocycles. The van der Waals surface area contributed by atoms with Gasteiger partial charge in [0.15, 0.2) is 5.96 Å². The number of aliphatic imine (C=N–C) groups is 1. The molecule has 0 aliphatic rings. The molecule has 4 nitrogen and oxygen atoms in total. The van der Waals surface area contributed by atoms with Crippen LogP contribution in [0.3, 0.4) is 0 Å². The minimum absolute atomic E-state index is 0.313. The van der Waals surface area contributed by atoms with Gasteiger partial charge in [0.1, 0.15) is 0 Å². The molecule has 0 aromatic carbocycles. The maximum Gasteiger partial charge on any atom is 0.191 e. The molecule has 1 unspecified atom stereocenters.